The van der Waals surface area contributed by atoms with Gasteiger partial charge in [0.25, 0.3) is 17.7 Å². The average molecular weight is 364 g/mol. The van der Waals surface area contributed by atoms with Gasteiger partial charge in [0, 0.05) is 6.04 Å². The van der Waals surface area contributed by atoms with Crippen molar-refractivity contribution in [3.63, 3.8) is 0 Å². The lowest BCUT2D eigenvalue weighted by atomic mass is 10.3. The monoisotopic (exact) mass is 364 g/mol. The normalized spacial score (nSPS) is 14.9. The van der Waals surface area contributed by atoms with Gasteiger partial charge in [-0.05, 0) is 30.7 Å². The summed E-state index contributed by atoms with van der Waals surface area (Å²) < 4.78 is 5.68. The van der Waals surface area contributed by atoms with Crippen molar-refractivity contribution in [2.75, 3.05) is 13.1 Å². The molecule has 9 heteroatoms. The zero-order valence-electron chi connectivity index (χ0n) is 14.1. The molecule has 0 bridgehead atoms. The molecule has 25 heavy (non-hydrogen) atoms. The van der Waals surface area contributed by atoms with E-state index < -0.39 is 6.03 Å². The molecule has 0 saturated heterocycles. The van der Waals surface area contributed by atoms with Crippen LogP contribution >= 0.6 is 11.3 Å². The molecule has 0 aromatic carbocycles. The largest absolute Gasteiger partial charge is 0.414 e. The molecule has 8 nitrogen and oxygen atoms in total. The van der Waals surface area contributed by atoms with Gasteiger partial charge in [-0.15, -0.1) is 21.5 Å². The first-order chi connectivity index (χ1) is 12.1. The van der Waals surface area contributed by atoms with E-state index in [4.69, 9.17) is 4.42 Å². The van der Waals surface area contributed by atoms with Gasteiger partial charge in [0.05, 0.1) is 11.4 Å². The minimum absolute atomic E-state index is 0.183. The number of hydrogen-bond donors (Lipinski definition) is 3. The number of hydrogen-bond acceptors (Lipinski definition) is 6. The van der Waals surface area contributed by atoms with Crippen LogP contribution in [0.3, 0.4) is 0 Å². The van der Waals surface area contributed by atoms with Crippen LogP contribution in [0.4, 0.5) is 4.79 Å². The predicted molar refractivity (Wildman–Crippen MR) is 92.0 cm³/mol. The standard InChI is InChI=1S/C16H21N5O3S/c1-2-7-21(9-13(22)18-16(23)17-11-5-6-11)10-14-19-20-15(24-14)12-4-3-8-25-12/h3-4,8,11H,2,5-7,9-10H2,1H3,(H2,17,18,22,23)/p+1. The molecule has 0 radical (unpaired) electrons. The molecule has 1 saturated carbocycles. The number of imide groups is 1. The summed E-state index contributed by atoms with van der Waals surface area (Å²) in [5.41, 5.74) is 0. The highest BCUT2D eigenvalue weighted by atomic mass is 32.1. The summed E-state index contributed by atoms with van der Waals surface area (Å²) in [6, 6.07) is 3.65. The minimum atomic E-state index is -0.416. The second-order valence-electron chi connectivity index (χ2n) is 6.13. The van der Waals surface area contributed by atoms with E-state index in [1.165, 1.54) is 11.3 Å². The van der Waals surface area contributed by atoms with Gasteiger partial charge < -0.3 is 14.6 Å². The van der Waals surface area contributed by atoms with E-state index >= 15 is 0 Å². The van der Waals surface area contributed by atoms with E-state index in [9.17, 15) is 9.59 Å². The van der Waals surface area contributed by atoms with Gasteiger partial charge in [0.1, 0.15) is 0 Å². The molecule has 3 amide bonds. The lowest BCUT2D eigenvalue weighted by Gasteiger charge is -2.16. The van der Waals surface area contributed by atoms with Crippen molar-refractivity contribution in [3.05, 3.63) is 23.4 Å². The zero-order chi connectivity index (χ0) is 17.6. The Bertz CT molecular complexity index is 711. The third-order valence-electron chi connectivity index (χ3n) is 3.78. The van der Waals surface area contributed by atoms with E-state index in [0.29, 0.717) is 18.3 Å². The van der Waals surface area contributed by atoms with Crippen LogP contribution in [-0.2, 0) is 11.3 Å². The van der Waals surface area contributed by atoms with E-state index in [1.54, 1.807) is 0 Å². The number of nitrogens with one attached hydrogen (secondary N) is 3. The van der Waals surface area contributed by atoms with Crippen LogP contribution < -0.4 is 15.5 Å². The Morgan fingerprint density at radius 1 is 1.40 bits per heavy atom. The van der Waals surface area contributed by atoms with E-state index in [1.807, 2.05) is 24.4 Å². The van der Waals surface area contributed by atoms with Crippen molar-refractivity contribution < 1.29 is 18.9 Å². The molecular formula is C16H22N5O3S+. The maximum atomic E-state index is 12.1. The van der Waals surface area contributed by atoms with Crippen molar-refractivity contribution in [2.24, 2.45) is 0 Å². The van der Waals surface area contributed by atoms with Crippen LogP contribution in [0.25, 0.3) is 10.8 Å². The molecule has 1 unspecified atom stereocenters. The molecule has 3 rings (SSSR count). The fourth-order valence-corrected chi connectivity index (χ4v) is 3.12. The summed E-state index contributed by atoms with van der Waals surface area (Å²) in [7, 11) is 0. The SMILES string of the molecule is CCC[NH+](CC(=O)NC(=O)NC1CC1)Cc1nnc(-c2cccs2)o1. The first-order valence-corrected chi connectivity index (χ1v) is 9.32. The lowest BCUT2D eigenvalue weighted by molar-refractivity contribution is -0.907. The van der Waals surface area contributed by atoms with Gasteiger partial charge in [-0.3, -0.25) is 10.1 Å². The van der Waals surface area contributed by atoms with Crippen molar-refractivity contribution in [2.45, 2.75) is 38.8 Å². The summed E-state index contributed by atoms with van der Waals surface area (Å²) in [5, 5.41) is 15.2. The molecule has 1 atom stereocenters. The smallest absolute Gasteiger partial charge is 0.321 e. The molecule has 2 aromatic heterocycles. The Hall–Kier alpha value is -2.26. The fraction of sp³-hybridized carbons (Fsp3) is 0.500. The predicted octanol–water partition coefficient (Wildman–Crippen LogP) is 0.581. The lowest BCUT2D eigenvalue weighted by Crippen LogP contribution is -3.12. The number of urea groups is 1. The van der Waals surface area contributed by atoms with Crippen LogP contribution in [-0.4, -0.2) is 41.3 Å². The zero-order valence-corrected chi connectivity index (χ0v) is 14.9. The maximum absolute atomic E-state index is 12.1. The van der Waals surface area contributed by atoms with Crippen LogP contribution in [0.5, 0.6) is 0 Å². The van der Waals surface area contributed by atoms with Gasteiger partial charge in [-0.1, -0.05) is 13.0 Å². The summed E-state index contributed by atoms with van der Waals surface area (Å²) in [5.74, 6) is 0.677. The minimum Gasteiger partial charge on any atom is -0.414 e. The van der Waals surface area contributed by atoms with Crippen LogP contribution in [0.15, 0.2) is 21.9 Å². The summed E-state index contributed by atoms with van der Waals surface area (Å²) >= 11 is 1.53. The molecule has 134 valence electrons. The highest BCUT2D eigenvalue weighted by Crippen LogP contribution is 2.22. The number of nitrogens with zero attached hydrogens (tertiary/aromatic N) is 2. The number of thiophene rings is 1. The van der Waals surface area contributed by atoms with E-state index in [2.05, 4.69) is 20.8 Å². The Morgan fingerprint density at radius 3 is 2.92 bits per heavy atom. The summed E-state index contributed by atoms with van der Waals surface area (Å²) in [4.78, 5) is 25.6. The van der Waals surface area contributed by atoms with E-state index in [0.717, 1.165) is 35.6 Å². The van der Waals surface area contributed by atoms with Crippen molar-refractivity contribution in [3.8, 4) is 10.8 Å². The Morgan fingerprint density at radius 2 is 2.24 bits per heavy atom. The quantitative estimate of drug-likeness (QED) is 0.636. The highest BCUT2D eigenvalue weighted by Gasteiger charge is 2.25. The highest BCUT2D eigenvalue weighted by molar-refractivity contribution is 7.13. The topological polar surface area (TPSA) is 102 Å². The third-order valence-corrected chi connectivity index (χ3v) is 4.64. The van der Waals surface area contributed by atoms with E-state index in [-0.39, 0.29) is 18.5 Å². The third kappa shape index (κ3) is 5.36. The van der Waals surface area contributed by atoms with Gasteiger partial charge in [0.2, 0.25) is 0 Å². The fourth-order valence-electron chi connectivity index (χ4n) is 2.48. The van der Waals surface area contributed by atoms with Gasteiger partial charge >= 0.3 is 6.03 Å². The summed E-state index contributed by atoms with van der Waals surface area (Å²) in [6.07, 6.45) is 2.87. The van der Waals surface area contributed by atoms with Crippen LogP contribution in [0, 0.1) is 0 Å². The van der Waals surface area contributed by atoms with Crippen LogP contribution in [0.2, 0.25) is 0 Å². The first kappa shape index (κ1) is 17.6. The molecule has 0 spiro atoms. The van der Waals surface area contributed by atoms with Crippen LogP contribution in [0.1, 0.15) is 32.1 Å². The molecule has 1 fully saturated rings. The van der Waals surface area contributed by atoms with Crippen molar-refractivity contribution >= 4 is 23.3 Å². The number of carbonyl (C=O) groups excluding carboxylic acids is 2. The van der Waals surface area contributed by atoms with Gasteiger partial charge in [0.15, 0.2) is 13.1 Å². The second kappa shape index (κ2) is 8.21. The van der Waals surface area contributed by atoms with Gasteiger partial charge in [-0.25, -0.2) is 4.79 Å². The molecule has 1 aliphatic rings. The average Bonchev–Trinajstić information content (AvgIpc) is 3.02. The maximum Gasteiger partial charge on any atom is 0.321 e. The number of aromatic nitrogens is 2. The molecule has 1 aliphatic carbocycles. The number of rotatable bonds is 8. The summed E-state index contributed by atoms with van der Waals surface area (Å²) in [6.45, 7) is 3.45. The molecule has 2 aromatic rings. The number of amides is 3. The number of carbonyl (C=O) groups is 2. The second-order valence-corrected chi connectivity index (χ2v) is 7.08. The van der Waals surface area contributed by atoms with Crippen molar-refractivity contribution in [1.82, 2.24) is 20.8 Å². The Kier molecular flexibility index (Phi) is 5.77. The molecular weight excluding hydrogens is 342 g/mol. The Balaban J connectivity index is 1.53. The molecule has 0 aliphatic heterocycles. The van der Waals surface area contributed by atoms with Gasteiger partial charge in [-0.2, -0.15) is 0 Å². The Labute approximate surface area is 149 Å². The first-order valence-electron chi connectivity index (χ1n) is 8.44. The molecule has 2 heterocycles. The molecule has 3 N–H and O–H groups in total. The number of quaternary nitrogens is 1. The van der Waals surface area contributed by atoms with Crippen molar-refractivity contribution in [1.29, 1.82) is 0 Å².